The number of hydrogen-bond acceptors (Lipinski definition) is 3. The van der Waals surface area contributed by atoms with E-state index in [-0.39, 0.29) is 25.0 Å². The van der Waals surface area contributed by atoms with E-state index < -0.39 is 32.4 Å². The Kier molecular flexibility index (Phi) is 6.61. The Morgan fingerprint density at radius 2 is 1.61 bits per heavy atom. The van der Waals surface area contributed by atoms with Gasteiger partial charge in [-0.3, -0.25) is 0 Å². The van der Waals surface area contributed by atoms with Gasteiger partial charge in [0.1, 0.15) is 10.7 Å². The van der Waals surface area contributed by atoms with Gasteiger partial charge in [0.15, 0.2) is 11.6 Å². The number of halogens is 4. The Balaban J connectivity index is 0.00000289. The Bertz CT molecular complexity index is 511. The number of hydrogen-bond donors (Lipinski definition) is 2. The zero-order chi connectivity index (χ0) is 13.1. The van der Waals surface area contributed by atoms with Crippen molar-refractivity contribution < 1.29 is 21.6 Å². The van der Waals surface area contributed by atoms with Crippen LogP contribution in [0.3, 0.4) is 0 Å². The molecule has 0 bridgehead atoms. The van der Waals surface area contributed by atoms with E-state index in [9.17, 15) is 21.6 Å². The fraction of sp³-hybridized carbons (Fsp3) is 0.333. The van der Waals surface area contributed by atoms with Crippen molar-refractivity contribution in [1.29, 1.82) is 0 Å². The van der Waals surface area contributed by atoms with Gasteiger partial charge in [-0.05, 0) is 13.1 Å². The minimum absolute atomic E-state index is 0. The lowest BCUT2D eigenvalue weighted by Gasteiger charge is -2.07. The topological polar surface area (TPSA) is 58.2 Å². The van der Waals surface area contributed by atoms with E-state index in [0.717, 1.165) is 0 Å². The monoisotopic (exact) mass is 304 g/mol. The molecule has 0 aromatic heterocycles. The molecule has 0 amide bonds. The van der Waals surface area contributed by atoms with Gasteiger partial charge in [-0.25, -0.2) is 26.3 Å². The molecule has 0 aliphatic heterocycles. The van der Waals surface area contributed by atoms with Gasteiger partial charge in [0, 0.05) is 19.2 Å². The van der Waals surface area contributed by atoms with Gasteiger partial charge in [0.25, 0.3) is 0 Å². The number of sulfonamides is 1. The fourth-order valence-electron chi connectivity index (χ4n) is 1.10. The largest absolute Gasteiger partial charge is 0.318 e. The van der Waals surface area contributed by atoms with Crippen LogP contribution < -0.4 is 10.0 Å². The van der Waals surface area contributed by atoms with Crippen LogP contribution in [0.4, 0.5) is 13.2 Å². The second kappa shape index (κ2) is 6.93. The smallest absolute Gasteiger partial charge is 0.243 e. The third kappa shape index (κ3) is 4.13. The van der Waals surface area contributed by atoms with Crippen LogP contribution in [0, 0.1) is 17.5 Å². The first-order valence-corrected chi connectivity index (χ1v) is 6.15. The maximum absolute atomic E-state index is 13.2. The number of likely N-dealkylation sites (N-methyl/N-ethyl adjacent to an activating group) is 1. The molecule has 104 valence electrons. The molecule has 0 saturated carbocycles. The molecule has 9 heteroatoms. The third-order valence-corrected chi connectivity index (χ3v) is 3.41. The van der Waals surface area contributed by atoms with Crippen LogP contribution >= 0.6 is 12.4 Å². The minimum atomic E-state index is -4.17. The molecular formula is C9H12ClF3N2O2S. The molecular weight excluding hydrogens is 293 g/mol. The highest BCUT2D eigenvalue weighted by Gasteiger charge is 2.21. The Labute approximate surface area is 109 Å². The molecule has 0 radical (unpaired) electrons. The summed E-state index contributed by atoms with van der Waals surface area (Å²) in [6.07, 6.45) is 0. The Morgan fingerprint density at radius 1 is 1.06 bits per heavy atom. The number of benzene rings is 1. The lowest BCUT2D eigenvalue weighted by molar-refractivity contribution is 0.481. The molecule has 0 saturated heterocycles. The molecule has 1 aromatic rings. The summed E-state index contributed by atoms with van der Waals surface area (Å²) < 4.78 is 63.7. The van der Waals surface area contributed by atoms with Crippen LogP contribution in [0.5, 0.6) is 0 Å². The molecule has 0 fully saturated rings. The van der Waals surface area contributed by atoms with Crippen molar-refractivity contribution in [3.05, 3.63) is 29.6 Å². The maximum Gasteiger partial charge on any atom is 0.243 e. The highest BCUT2D eigenvalue weighted by molar-refractivity contribution is 7.89. The Morgan fingerprint density at radius 3 is 2.17 bits per heavy atom. The van der Waals surface area contributed by atoms with Gasteiger partial charge in [-0.15, -0.1) is 12.4 Å². The van der Waals surface area contributed by atoms with Crippen LogP contribution in [0.15, 0.2) is 17.0 Å². The van der Waals surface area contributed by atoms with E-state index in [1.807, 2.05) is 4.72 Å². The normalized spacial score (nSPS) is 11.1. The minimum Gasteiger partial charge on any atom is -0.318 e. The first-order chi connectivity index (χ1) is 7.88. The van der Waals surface area contributed by atoms with Crippen molar-refractivity contribution in [2.24, 2.45) is 0 Å². The third-order valence-electron chi connectivity index (χ3n) is 1.93. The summed E-state index contributed by atoms with van der Waals surface area (Å²) in [4.78, 5) is -0.910. The lowest BCUT2D eigenvalue weighted by Crippen LogP contribution is -2.31. The van der Waals surface area contributed by atoms with Crippen LogP contribution in [-0.4, -0.2) is 28.6 Å². The van der Waals surface area contributed by atoms with E-state index in [1.165, 1.54) is 0 Å². The van der Waals surface area contributed by atoms with Crippen molar-refractivity contribution >= 4 is 22.4 Å². The van der Waals surface area contributed by atoms with Gasteiger partial charge in [0.2, 0.25) is 10.0 Å². The van der Waals surface area contributed by atoms with Crippen LogP contribution in [0.25, 0.3) is 0 Å². The van der Waals surface area contributed by atoms with Crippen molar-refractivity contribution in [2.45, 2.75) is 4.90 Å². The van der Waals surface area contributed by atoms with Gasteiger partial charge in [-0.2, -0.15) is 0 Å². The predicted octanol–water partition coefficient (Wildman–Crippen LogP) is 1.02. The number of rotatable bonds is 5. The van der Waals surface area contributed by atoms with E-state index in [0.29, 0.717) is 12.6 Å². The summed E-state index contributed by atoms with van der Waals surface area (Å²) in [5.74, 6) is -4.18. The molecule has 0 unspecified atom stereocenters. The molecule has 0 heterocycles. The lowest BCUT2D eigenvalue weighted by atomic mass is 10.3. The molecule has 0 atom stereocenters. The van der Waals surface area contributed by atoms with Crippen LogP contribution in [0.2, 0.25) is 0 Å². The maximum atomic E-state index is 13.2. The SMILES string of the molecule is CNCCNS(=O)(=O)c1cc(F)c(F)cc1F.Cl. The quantitative estimate of drug-likeness (QED) is 0.631. The first-order valence-electron chi connectivity index (χ1n) is 4.67. The average molecular weight is 305 g/mol. The zero-order valence-electron chi connectivity index (χ0n) is 9.34. The van der Waals surface area contributed by atoms with Crippen molar-refractivity contribution in [3.8, 4) is 0 Å². The van der Waals surface area contributed by atoms with E-state index in [2.05, 4.69) is 5.32 Å². The molecule has 1 rings (SSSR count). The highest BCUT2D eigenvalue weighted by atomic mass is 35.5. The number of nitrogens with one attached hydrogen (secondary N) is 2. The standard InChI is InChI=1S/C9H11F3N2O2S.ClH/c1-13-2-3-14-17(15,16)9-5-7(11)6(10)4-8(9)12;/h4-5,13-14H,2-3H2,1H3;1H. The summed E-state index contributed by atoms with van der Waals surface area (Å²) in [6, 6.07) is 0.508. The molecule has 18 heavy (non-hydrogen) atoms. The molecule has 2 N–H and O–H groups in total. The summed E-state index contributed by atoms with van der Waals surface area (Å²) in [6.45, 7) is 0.335. The van der Waals surface area contributed by atoms with Crippen molar-refractivity contribution in [1.82, 2.24) is 10.0 Å². The highest BCUT2D eigenvalue weighted by Crippen LogP contribution is 2.18. The molecule has 1 aromatic carbocycles. The Hall–Kier alpha value is -0.830. The second-order valence-electron chi connectivity index (χ2n) is 3.20. The van der Waals surface area contributed by atoms with E-state index >= 15 is 0 Å². The molecule has 0 aliphatic carbocycles. The van der Waals surface area contributed by atoms with E-state index in [4.69, 9.17) is 0 Å². The van der Waals surface area contributed by atoms with Crippen LogP contribution in [-0.2, 0) is 10.0 Å². The molecule has 0 spiro atoms. The molecule has 0 aliphatic rings. The first kappa shape index (κ1) is 17.2. The van der Waals surface area contributed by atoms with Gasteiger partial charge < -0.3 is 5.32 Å². The summed E-state index contributed by atoms with van der Waals surface area (Å²) in [5.41, 5.74) is 0. The van der Waals surface area contributed by atoms with Crippen molar-refractivity contribution in [2.75, 3.05) is 20.1 Å². The summed E-state index contributed by atoms with van der Waals surface area (Å²) in [7, 11) is -2.57. The summed E-state index contributed by atoms with van der Waals surface area (Å²) >= 11 is 0. The van der Waals surface area contributed by atoms with Gasteiger partial charge in [-0.1, -0.05) is 0 Å². The van der Waals surface area contributed by atoms with E-state index in [1.54, 1.807) is 7.05 Å². The zero-order valence-corrected chi connectivity index (χ0v) is 11.0. The summed E-state index contributed by atoms with van der Waals surface area (Å²) in [5, 5.41) is 2.67. The predicted molar refractivity (Wildman–Crippen MR) is 62.7 cm³/mol. The van der Waals surface area contributed by atoms with Crippen LogP contribution in [0.1, 0.15) is 0 Å². The fourth-order valence-corrected chi connectivity index (χ4v) is 2.20. The van der Waals surface area contributed by atoms with Gasteiger partial charge in [0.05, 0.1) is 0 Å². The second-order valence-corrected chi connectivity index (χ2v) is 4.93. The molecule has 4 nitrogen and oxygen atoms in total. The average Bonchev–Trinajstić information content (AvgIpc) is 2.23. The van der Waals surface area contributed by atoms with Gasteiger partial charge >= 0.3 is 0 Å². The van der Waals surface area contributed by atoms with Crippen molar-refractivity contribution in [3.63, 3.8) is 0 Å².